The quantitative estimate of drug-likeness (QED) is 0.154. The van der Waals surface area contributed by atoms with Crippen LogP contribution in [0.2, 0.25) is 0 Å². The normalized spacial score (nSPS) is 11.2. The first kappa shape index (κ1) is 33.1. The smallest absolute Gasteiger partial charge is 0.0978 e. The Morgan fingerprint density at radius 3 is 1.34 bits per heavy atom. The molecule has 0 fully saturated rings. The van der Waals surface area contributed by atoms with Crippen LogP contribution in [0.5, 0.6) is 0 Å². The van der Waals surface area contributed by atoms with Crippen molar-refractivity contribution < 1.29 is 0 Å². The van der Waals surface area contributed by atoms with Gasteiger partial charge < -0.3 is 0 Å². The third kappa shape index (κ3) is 6.42. The fourth-order valence-corrected chi connectivity index (χ4v) is 7.57. The van der Waals surface area contributed by atoms with Gasteiger partial charge in [-0.3, -0.25) is 0 Å². The summed E-state index contributed by atoms with van der Waals surface area (Å²) in [6, 6.07) is 74.5. The zero-order valence-corrected chi connectivity index (χ0v) is 30.5. The second-order valence-corrected chi connectivity index (χ2v) is 14.0. The molecule has 0 spiro atoms. The van der Waals surface area contributed by atoms with Crippen molar-refractivity contribution in [2.24, 2.45) is 0 Å². The van der Waals surface area contributed by atoms with E-state index in [1.807, 2.05) is 18.2 Å². The van der Waals surface area contributed by atoms with E-state index < -0.39 is 0 Å². The fraction of sp³-hybridized carbons (Fsp3) is 0. The minimum atomic E-state index is 0.897. The maximum Gasteiger partial charge on any atom is 0.0978 e. The van der Waals surface area contributed by atoms with Crippen molar-refractivity contribution in [3.63, 3.8) is 0 Å². The lowest BCUT2D eigenvalue weighted by atomic mass is 9.94. The summed E-state index contributed by atoms with van der Waals surface area (Å²) in [5.74, 6) is 0. The highest BCUT2D eigenvalue weighted by Gasteiger charge is 2.15. The lowest BCUT2D eigenvalue weighted by molar-refractivity contribution is 1.32. The number of nitrogens with zero attached hydrogens (tertiary/aromatic N) is 3. The van der Waals surface area contributed by atoms with Crippen LogP contribution >= 0.6 is 0 Å². The van der Waals surface area contributed by atoms with E-state index in [-0.39, 0.29) is 0 Å². The maximum atomic E-state index is 5.28. The SMILES string of the molecule is c1ccc(-c2cc(-c3ccccc3)nc(-c3cccc(-c4ccc(-c5cc(-c6ccccc6)nc6c5ccc5ccc(-c7ccccc7)nc56)cc4)c3)c2)cc1. The van der Waals surface area contributed by atoms with Crippen LogP contribution < -0.4 is 0 Å². The predicted octanol–water partition coefficient (Wildman–Crippen LogP) is 13.8. The molecule has 0 amide bonds. The van der Waals surface area contributed by atoms with E-state index >= 15 is 0 Å². The molecule has 0 aliphatic heterocycles. The molecule has 0 unspecified atom stereocenters. The van der Waals surface area contributed by atoms with Gasteiger partial charge in [0.1, 0.15) is 0 Å². The molecule has 0 atom stereocenters. The molecule has 262 valence electrons. The average molecular weight is 714 g/mol. The van der Waals surface area contributed by atoms with Crippen LogP contribution in [0.1, 0.15) is 0 Å². The van der Waals surface area contributed by atoms with Crippen LogP contribution in [0.25, 0.3) is 100 Å². The van der Waals surface area contributed by atoms with Gasteiger partial charge in [0, 0.05) is 33.0 Å². The molecule has 3 aromatic heterocycles. The number of hydrogen-bond acceptors (Lipinski definition) is 3. The topological polar surface area (TPSA) is 38.7 Å². The summed E-state index contributed by atoms with van der Waals surface area (Å²) in [6.45, 7) is 0. The second-order valence-electron chi connectivity index (χ2n) is 14.0. The summed E-state index contributed by atoms with van der Waals surface area (Å²) in [5.41, 5.74) is 16.7. The van der Waals surface area contributed by atoms with E-state index in [4.69, 9.17) is 15.0 Å². The van der Waals surface area contributed by atoms with Crippen molar-refractivity contribution in [1.82, 2.24) is 15.0 Å². The standard InChI is InChI=1S/C53H35N3/c1-5-14-36(15-6-1)45-33-49(40-18-9-3-10-19-40)54-50(34-45)44-23-13-22-43(32-44)37-24-26-38(27-25-37)47-35-51(41-20-11-4-12-21-41)56-53-46(47)30-28-42-29-31-48(55-52(42)53)39-16-7-2-8-17-39/h1-35H. The van der Waals surface area contributed by atoms with Gasteiger partial charge >= 0.3 is 0 Å². The van der Waals surface area contributed by atoms with E-state index in [0.29, 0.717) is 0 Å². The number of fused-ring (bicyclic) bond motifs is 3. The Balaban J connectivity index is 1.06. The van der Waals surface area contributed by atoms with E-state index in [1.165, 1.54) is 5.56 Å². The van der Waals surface area contributed by atoms with Crippen molar-refractivity contribution >= 4 is 21.8 Å². The fourth-order valence-electron chi connectivity index (χ4n) is 7.57. The van der Waals surface area contributed by atoms with Crippen molar-refractivity contribution in [2.75, 3.05) is 0 Å². The van der Waals surface area contributed by atoms with Gasteiger partial charge in [-0.15, -0.1) is 0 Å². The molecule has 10 aromatic rings. The molecular weight excluding hydrogens is 679 g/mol. The molecule has 0 aliphatic rings. The molecule has 0 saturated heterocycles. The minimum Gasteiger partial charge on any atom is -0.248 e. The van der Waals surface area contributed by atoms with Crippen molar-refractivity contribution in [2.45, 2.75) is 0 Å². The first-order chi connectivity index (χ1) is 27.7. The highest BCUT2D eigenvalue weighted by atomic mass is 14.8. The van der Waals surface area contributed by atoms with Crippen LogP contribution in [0.3, 0.4) is 0 Å². The molecule has 56 heavy (non-hydrogen) atoms. The Bertz CT molecular complexity index is 2920. The van der Waals surface area contributed by atoms with E-state index in [2.05, 4.69) is 194 Å². The number of benzene rings is 7. The Labute approximate surface area is 326 Å². The number of aromatic nitrogens is 3. The van der Waals surface area contributed by atoms with Gasteiger partial charge in [-0.25, -0.2) is 15.0 Å². The summed E-state index contributed by atoms with van der Waals surface area (Å²) in [4.78, 5) is 15.7. The van der Waals surface area contributed by atoms with Gasteiger partial charge in [0.05, 0.1) is 33.8 Å². The third-order valence-electron chi connectivity index (χ3n) is 10.5. The summed E-state index contributed by atoms with van der Waals surface area (Å²) in [6.07, 6.45) is 0. The highest BCUT2D eigenvalue weighted by molar-refractivity contribution is 6.09. The summed E-state index contributed by atoms with van der Waals surface area (Å²) in [7, 11) is 0. The van der Waals surface area contributed by atoms with Gasteiger partial charge in [0.15, 0.2) is 0 Å². The van der Waals surface area contributed by atoms with Crippen LogP contribution in [-0.4, -0.2) is 15.0 Å². The average Bonchev–Trinajstić information content (AvgIpc) is 3.29. The highest BCUT2D eigenvalue weighted by Crippen LogP contribution is 2.37. The molecule has 7 aromatic carbocycles. The Morgan fingerprint density at radius 1 is 0.232 bits per heavy atom. The van der Waals surface area contributed by atoms with Crippen LogP contribution in [0, 0.1) is 0 Å². The molecule has 3 heteroatoms. The first-order valence-corrected chi connectivity index (χ1v) is 18.9. The predicted molar refractivity (Wildman–Crippen MR) is 233 cm³/mol. The summed E-state index contributed by atoms with van der Waals surface area (Å²) < 4.78 is 0. The van der Waals surface area contributed by atoms with Crippen molar-refractivity contribution in [3.05, 3.63) is 212 Å². The monoisotopic (exact) mass is 713 g/mol. The van der Waals surface area contributed by atoms with Crippen LogP contribution in [-0.2, 0) is 0 Å². The Morgan fingerprint density at radius 2 is 0.696 bits per heavy atom. The van der Waals surface area contributed by atoms with Gasteiger partial charge in [-0.2, -0.15) is 0 Å². The molecule has 0 saturated carbocycles. The number of rotatable bonds is 7. The minimum absolute atomic E-state index is 0.897. The molecule has 3 nitrogen and oxygen atoms in total. The Kier molecular flexibility index (Phi) is 8.51. The molecule has 0 radical (unpaired) electrons. The zero-order chi connectivity index (χ0) is 37.3. The van der Waals surface area contributed by atoms with Gasteiger partial charge in [0.2, 0.25) is 0 Å². The largest absolute Gasteiger partial charge is 0.248 e. The molecule has 0 N–H and O–H groups in total. The van der Waals surface area contributed by atoms with Crippen molar-refractivity contribution in [3.8, 4) is 78.4 Å². The van der Waals surface area contributed by atoms with Crippen LogP contribution in [0.4, 0.5) is 0 Å². The second kappa shape index (κ2) is 14.4. The lowest BCUT2D eigenvalue weighted by Crippen LogP contribution is -1.94. The molecule has 0 bridgehead atoms. The van der Waals surface area contributed by atoms with E-state index in [1.54, 1.807) is 0 Å². The zero-order valence-electron chi connectivity index (χ0n) is 30.5. The maximum absolute atomic E-state index is 5.28. The Hall–Kier alpha value is -7.49. The summed E-state index contributed by atoms with van der Waals surface area (Å²) in [5, 5.41) is 2.14. The van der Waals surface area contributed by atoms with E-state index in [0.717, 1.165) is 94.7 Å². The van der Waals surface area contributed by atoms with Crippen molar-refractivity contribution in [1.29, 1.82) is 0 Å². The van der Waals surface area contributed by atoms with Gasteiger partial charge in [-0.1, -0.05) is 182 Å². The lowest BCUT2D eigenvalue weighted by Gasteiger charge is -2.14. The van der Waals surface area contributed by atoms with Gasteiger partial charge in [-0.05, 0) is 63.7 Å². The molecular formula is C53H35N3. The van der Waals surface area contributed by atoms with Gasteiger partial charge in [0.25, 0.3) is 0 Å². The van der Waals surface area contributed by atoms with E-state index in [9.17, 15) is 0 Å². The molecule has 10 rings (SSSR count). The summed E-state index contributed by atoms with van der Waals surface area (Å²) >= 11 is 0. The number of hydrogen-bond donors (Lipinski definition) is 0. The first-order valence-electron chi connectivity index (χ1n) is 18.9. The number of pyridine rings is 3. The third-order valence-corrected chi connectivity index (χ3v) is 10.5. The molecule has 3 heterocycles. The molecule has 0 aliphatic carbocycles. The van der Waals surface area contributed by atoms with Crippen LogP contribution in [0.15, 0.2) is 212 Å².